The molecule has 3 aliphatic rings. The quantitative estimate of drug-likeness (QED) is 0.751. The van der Waals surface area contributed by atoms with E-state index in [4.69, 9.17) is 9.47 Å². The van der Waals surface area contributed by atoms with Gasteiger partial charge in [0.1, 0.15) is 6.61 Å². The molecular weight excluding hydrogens is 326 g/mol. The van der Waals surface area contributed by atoms with Crippen LogP contribution in [0.4, 0.5) is 0 Å². The summed E-state index contributed by atoms with van der Waals surface area (Å²) in [5.41, 5.74) is 4.75. The number of nitrogens with zero attached hydrogens (tertiary/aromatic N) is 1. The Labute approximate surface area is 144 Å². The van der Waals surface area contributed by atoms with Gasteiger partial charge < -0.3 is 14.4 Å². The molecule has 132 valence electrons. The normalized spacial score (nSPS) is 24.8. The molecule has 3 amide bonds. The third-order valence-electron chi connectivity index (χ3n) is 4.63. The van der Waals surface area contributed by atoms with Gasteiger partial charge in [-0.3, -0.25) is 25.2 Å². The molecule has 0 unspecified atom stereocenters. The zero-order chi connectivity index (χ0) is 17.4. The number of hydrogen-bond acceptors (Lipinski definition) is 5. The minimum Gasteiger partial charge on any atom is -0.485 e. The van der Waals surface area contributed by atoms with Crippen LogP contribution in [0.25, 0.3) is 0 Å². The fraction of sp³-hybridized carbons (Fsp3) is 0.471. The number of amides is 3. The maximum Gasteiger partial charge on any atom is 0.283 e. The molecule has 25 heavy (non-hydrogen) atoms. The maximum atomic E-state index is 12.2. The molecule has 2 heterocycles. The summed E-state index contributed by atoms with van der Waals surface area (Å²) in [6.07, 6.45) is 1.37. The molecular formula is C17H19N3O5. The van der Waals surface area contributed by atoms with Crippen LogP contribution < -0.4 is 20.3 Å². The van der Waals surface area contributed by atoms with E-state index in [1.165, 1.54) is 0 Å². The number of ether oxygens (including phenoxy) is 2. The van der Waals surface area contributed by atoms with Crippen LogP contribution in [0.1, 0.15) is 19.3 Å². The Balaban J connectivity index is 1.28. The van der Waals surface area contributed by atoms with Crippen LogP contribution >= 0.6 is 0 Å². The first-order chi connectivity index (χ1) is 12.1. The highest BCUT2D eigenvalue weighted by molar-refractivity contribution is 5.91. The van der Waals surface area contributed by atoms with Gasteiger partial charge in [-0.05, 0) is 25.0 Å². The molecule has 0 aromatic heterocycles. The van der Waals surface area contributed by atoms with E-state index in [-0.39, 0.29) is 24.8 Å². The highest BCUT2D eigenvalue weighted by Crippen LogP contribution is 2.33. The van der Waals surface area contributed by atoms with Gasteiger partial charge in [0.25, 0.3) is 5.91 Å². The predicted octanol–water partition coefficient (Wildman–Crippen LogP) is -0.0153. The average molecular weight is 345 g/mol. The Morgan fingerprint density at radius 3 is 2.56 bits per heavy atom. The number of hydrazine groups is 1. The Hall–Kier alpha value is -2.77. The fourth-order valence-corrected chi connectivity index (χ4v) is 3.10. The van der Waals surface area contributed by atoms with Crippen molar-refractivity contribution in [2.45, 2.75) is 31.4 Å². The molecule has 1 saturated carbocycles. The lowest BCUT2D eigenvalue weighted by Gasteiger charge is -2.25. The van der Waals surface area contributed by atoms with Crippen LogP contribution in [0.5, 0.6) is 11.5 Å². The zero-order valence-electron chi connectivity index (χ0n) is 13.6. The maximum absolute atomic E-state index is 12.2. The second kappa shape index (κ2) is 6.27. The topological polar surface area (TPSA) is 97.0 Å². The number of carbonyl (C=O) groups excluding carboxylic acids is 3. The van der Waals surface area contributed by atoms with Crippen LogP contribution in [-0.2, 0) is 14.4 Å². The first-order valence-electron chi connectivity index (χ1n) is 8.39. The van der Waals surface area contributed by atoms with Crippen molar-refractivity contribution >= 4 is 17.7 Å². The summed E-state index contributed by atoms with van der Waals surface area (Å²) in [6.45, 7) is 0.484. The monoisotopic (exact) mass is 345 g/mol. The number of nitrogens with one attached hydrogen (secondary N) is 2. The predicted molar refractivity (Wildman–Crippen MR) is 85.5 cm³/mol. The van der Waals surface area contributed by atoms with Crippen molar-refractivity contribution in [3.63, 3.8) is 0 Å². The third kappa shape index (κ3) is 3.24. The molecule has 1 saturated heterocycles. The van der Waals surface area contributed by atoms with Crippen LogP contribution in [-0.4, -0.2) is 47.9 Å². The number of likely N-dealkylation sites (tertiary alicyclic amines) is 1. The van der Waals surface area contributed by atoms with E-state index >= 15 is 0 Å². The molecule has 1 aromatic carbocycles. The summed E-state index contributed by atoms with van der Waals surface area (Å²) in [5.74, 6) is -0.206. The highest BCUT2D eigenvalue weighted by atomic mass is 16.6. The number of hydrogen-bond donors (Lipinski definition) is 2. The SMILES string of the molecule is O=C(NNC(=O)[C@H]1COc2ccccc2O1)[C@H]1CC(=O)N(C2CC2)C1. The van der Waals surface area contributed by atoms with Gasteiger partial charge in [-0.25, -0.2) is 0 Å². The lowest BCUT2D eigenvalue weighted by Crippen LogP contribution is -2.52. The molecule has 8 nitrogen and oxygen atoms in total. The van der Waals surface area contributed by atoms with E-state index in [9.17, 15) is 14.4 Å². The summed E-state index contributed by atoms with van der Waals surface area (Å²) in [4.78, 5) is 38.0. The van der Waals surface area contributed by atoms with E-state index in [2.05, 4.69) is 10.9 Å². The van der Waals surface area contributed by atoms with Crippen molar-refractivity contribution < 1.29 is 23.9 Å². The van der Waals surface area contributed by atoms with E-state index in [0.29, 0.717) is 24.1 Å². The van der Waals surface area contributed by atoms with E-state index in [1.54, 1.807) is 23.1 Å². The lowest BCUT2D eigenvalue weighted by molar-refractivity contribution is -0.136. The van der Waals surface area contributed by atoms with E-state index < -0.39 is 17.9 Å². The first kappa shape index (κ1) is 15.7. The number of carbonyl (C=O) groups is 3. The average Bonchev–Trinajstić information content (AvgIpc) is 3.40. The summed E-state index contributed by atoms with van der Waals surface area (Å²) >= 11 is 0. The fourth-order valence-electron chi connectivity index (χ4n) is 3.10. The standard InChI is InChI=1S/C17H19N3O5/c21-15-7-10(8-20(15)11-5-6-11)16(22)18-19-17(23)14-9-24-12-3-1-2-4-13(12)25-14/h1-4,10-11,14H,5-9H2,(H,18,22)(H,19,23)/t10-,14+/m0/s1. The van der Waals surface area contributed by atoms with Crippen LogP contribution in [0.2, 0.25) is 0 Å². The minimum absolute atomic E-state index is 0.00889. The van der Waals surface area contributed by atoms with Crippen molar-refractivity contribution in [1.29, 1.82) is 0 Å². The number of rotatable bonds is 3. The molecule has 4 rings (SSSR count). The van der Waals surface area contributed by atoms with Gasteiger partial charge in [0.05, 0.1) is 5.92 Å². The summed E-state index contributed by atoms with van der Waals surface area (Å²) in [6, 6.07) is 7.37. The Bertz CT molecular complexity index is 718. The Kier molecular flexibility index (Phi) is 3.95. The molecule has 1 aliphatic carbocycles. The molecule has 2 N–H and O–H groups in total. The van der Waals surface area contributed by atoms with Gasteiger partial charge in [-0.1, -0.05) is 12.1 Å². The first-order valence-corrected chi connectivity index (χ1v) is 8.39. The largest absolute Gasteiger partial charge is 0.485 e. The number of fused-ring (bicyclic) bond motifs is 1. The second-order valence-electron chi connectivity index (χ2n) is 6.52. The molecule has 2 aliphatic heterocycles. The zero-order valence-corrected chi connectivity index (χ0v) is 13.6. The second-order valence-corrected chi connectivity index (χ2v) is 6.52. The van der Waals surface area contributed by atoms with Gasteiger partial charge in [-0.2, -0.15) is 0 Å². The van der Waals surface area contributed by atoms with Gasteiger partial charge in [0.2, 0.25) is 17.9 Å². The van der Waals surface area contributed by atoms with Gasteiger partial charge in [0.15, 0.2) is 11.5 Å². The Morgan fingerprint density at radius 1 is 1.08 bits per heavy atom. The Morgan fingerprint density at radius 2 is 1.80 bits per heavy atom. The highest BCUT2D eigenvalue weighted by Gasteiger charge is 2.42. The van der Waals surface area contributed by atoms with Crippen molar-refractivity contribution in [2.75, 3.05) is 13.2 Å². The molecule has 2 fully saturated rings. The van der Waals surface area contributed by atoms with E-state index in [1.807, 2.05) is 6.07 Å². The molecule has 1 aromatic rings. The van der Waals surface area contributed by atoms with Crippen LogP contribution in [0.3, 0.4) is 0 Å². The summed E-state index contributed by atoms with van der Waals surface area (Å²) in [5, 5.41) is 0. The lowest BCUT2D eigenvalue weighted by atomic mass is 10.1. The molecule has 0 spiro atoms. The minimum atomic E-state index is -0.844. The van der Waals surface area contributed by atoms with Gasteiger partial charge in [0, 0.05) is 19.0 Å². The molecule has 0 radical (unpaired) electrons. The van der Waals surface area contributed by atoms with Gasteiger partial charge >= 0.3 is 0 Å². The van der Waals surface area contributed by atoms with Gasteiger partial charge in [-0.15, -0.1) is 0 Å². The number of para-hydroxylation sites is 2. The third-order valence-corrected chi connectivity index (χ3v) is 4.63. The van der Waals surface area contributed by atoms with Crippen molar-refractivity contribution in [3.8, 4) is 11.5 Å². The van der Waals surface area contributed by atoms with E-state index in [0.717, 1.165) is 12.8 Å². The van der Waals surface area contributed by atoms with Crippen LogP contribution in [0.15, 0.2) is 24.3 Å². The number of benzene rings is 1. The smallest absolute Gasteiger partial charge is 0.283 e. The van der Waals surface area contributed by atoms with Crippen molar-refractivity contribution in [1.82, 2.24) is 15.8 Å². The van der Waals surface area contributed by atoms with Crippen molar-refractivity contribution in [2.24, 2.45) is 5.92 Å². The molecule has 8 heteroatoms. The van der Waals surface area contributed by atoms with Crippen molar-refractivity contribution in [3.05, 3.63) is 24.3 Å². The van der Waals surface area contributed by atoms with Crippen LogP contribution in [0, 0.1) is 5.92 Å². The molecule has 2 atom stereocenters. The summed E-state index contributed by atoms with van der Waals surface area (Å²) < 4.78 is 11.0. The summed E-state index contributed by atoms with van der Waals surface area (Å²) in [7, 11) is 0. The molecule has 0 bridgehead atoms.